The summed E-state index contributed by atoms with van der Waals surface area (Å²) in [5.41, 5.74) is 8.19. The fraction of sp³-hybridized carbons (Fsp3) is 0.182. The maximum absolute atomic E-state index is 8.55. The maximum Gasteiger partial charge on any atom is 0.188 e. The second-order valence-electron chi connectivity index (χ2n) is 3.78. The molecule has 0 spiro atoms. The molecule has 18 heavy (non-hydrogen) atoms. The van der Waals surface area contributed by atoms with Crippen molar-refractivity contribution in [3.05, 3.63) is 40.4 Å². The molecule has 7 heteroatoms. The van der Waals surface area contributed by atoms with Gasteiger partial charge in [-0.05, 0) is 26.0 Å². The predicted octanol–water partition coefficient (Wildman–Crippen LogP) is 1.63. The van der Waals surface area contributed by atoms with Crippen molar-refractivity contribution in [3.63, 3.8) is 0 Å². The summed E-state index contributed by atoms with van der Waals surface area (Å²) < 4.78 is 1.70. The highest BCUT2D eigenvalue weighted by Gasteiger charge is 2.11. The summed E-state index contributed by atoms with van der Waals surface area (Å²) in [5.74, 6) is -0.0343. The van der Waals surface area contributed by atoms with E-state index in [4.69, 9.17) is 22.5 Å². The molecule has 2 heterocycles. The van der Waals surface area contributed by atoms with Gasteiger partial charge in [0.1, 0.15) is 5.69 Å². The van der Waals surface area contributed by atoms with Gasteiger partial charge in [0.05, 0.1) is 28.3 Å². The highest BCUT2D eigenvalue weighted by atomic mass is 35.5. The van der Waals surface area contributed by atoms with E-state index in [9.17, 15) is 0 Å². The van der Waals surface area contributed by atoms with Crippen LogP contribution in [0.4, 0.5) is 0 Å². The summed E-state index contributed by atoms with van der Waals surface area (Å²) in [6.45, 7) is 3.71. The Morgan fingerprint density at radius 1 is 1.44 bits per heavy atom. The average molecular weight is 266 g/mol. The molecular formula is C11H12ClN5O. The zero-order valence-electron chi connectivity index (χ0n) is 9.92. The molecule has 0 aliphatic carbocycles. The Balaban J connectivity index is 2.43. The molecule has 0 saturated heterocycles. The first kappa shape index (κ1) is 12.4. The van der Waals surface area contributed by atoms with Crippen LogP contribution in [0.1, 0.15) is 17.1 Å². The number of nitrogens with two attached hydrogens (primary N) is 1. The van der Waals surface area contributed by atoms with Crippen LogP contribution in [0.25, 0.3) is 5.69 Å². The van der Waals surface area contributed by atoms with Crippen molar-refractivity contribution >= 4 is 17.4 Å². The number of pyridine rings is 1. The molecule has 0 atom stereocenters. The first-order chi connectivity index (χ1) is 8.54. The minimum absolute atomic E-state index is 0.0343. The second-order valence-corrected chi connectivity index (χ2v) is 4.16. The fourth-order valence-corrected chi connectivity index (χ4v) is 1.71. The quantitative estimate of drug-likeness (QED) is 0.374. The van der Waals surface area contributed by atoms with Gasteiger partial charge in [-0.3, -0.25) is 4.98 Å². The maximum atomic E-state index is 8.55. The van der Waals surface area contributed by atoms with Gasteiger partial charge in [0.2, 0.25) is 0 Å². The van der Waals surface area contributed by atoms with Crippen LogP contribution in [-0.2, 0) is 0 Å². The van der Waals surface area contributed by atoms with Crippen LogP contribution in [0.15, 0.2) is 23.5 Å². The van der Waals surface area contributed by atoms with Gasteiger partial charge in [0.25, 0.3) is 0 Å². The number of oxime groups is 1. The lowest BCUT2D eigenvalue weighted by Gasteiger charge is -2.04. The molecular weight excluding hydrogens is 254 g/mol. The Labute approximate surface area is 109 Å². The Bertz CT molecular complexity index is 603. The zero-order chi connectivity index (χ0) is 13.3. The highest BCUT2D eigenvalue weighted by Crippen LogP contribution is 2.21. The second kappa shape index (κ2) is 4.66. The van der Waals surface area contributed by atoms with Crippen LogP contribution in [0.2, 0.25) is 5.02 Å². The fourth-order valence-electron chi connectivity index (χ4n) is 1.59. The van der Waals surface area contributed by atoms with Gasteiger partial charge in [-0.25, -0.2) is 4.68 Å². The summed E-state index contributed by atoms with van der Waals surface area (Å²) in [5, 5.41) is 16.4. The lowest BCUT2D eigenvalue weighted by Crippen LogP contribution is -2.15. The number of rotatable bonds is 2. The Kier molecular flexibility index (Phi) is 3.20. The van der Waals surface area contributed by atoms with Gasteiger partial charge in [-0.2, -0.15) is 5.10 Å². The van der Waals surface area contributed by atoms with Gasteiger partial charge < -0.3 is 10.9 Å². The number of hydrogen-bond donors (Lipinski definition) is 2. The van der Waals surface area contributed by atoms with E-state index in [0.29, 0.717) is 10.7 Å². The third-order valence-electron chi connectivity index (χ3n) is 2.57. The van der Waals surface area contributed by atoms with Gasteiger partial charge in [0, 0.05) is 0 Å². The van der Waals surface area contributed by atoms with Crippen LogP contribution in [-0.4, -0.2) is 25.8 Å². The van der Waals surface area contributed by atoms with E-state index in [0.717, 1.165) is 17.1 Å². The Hall–Kier alpha value is -2.08. The van der Waals surface area contributed by atoms with E-state index in [1.54, 1.807) is 23.0 Å². The molecule has 0 aliphatic rings. The zero-order valence-corrected chi connectivity index (χ0v) is 10.7. The summed E-state index contributed by atoms with van der Waals surface area (Å²) in [4.78, 5) is 4.09. The molecule has 94 valence electrons. The molecule has 0 aliphatic heterocycles. The number of hydrogen-bond acceptors (Lipinski definition) is 4. The lowest BCUT2D eigenvalue weighted by molar-refractivity contribution is 0.318. The molecule has 0 saturated carbocycles. The summed E-state index contributed by atoms with van der Waals surface area (Å²) in [6.07, 6.45) is 1.59. The summed E-state index contributed by atoms with van der Waals surface area (Å²) in [7, 11) is 0. The standard InChI is InChI=1S/C11H12ClN5O/c1-6-10(12)7(2)17(15-6)8-3-4-9(14-5-8)11(13)16-18/h3-5,18H,1-2H3,(H2,13,16). The van der Waals surface area contributed by atoms with Crippen molar-refractivity contribution in [3.8, 4) is 5.69 Å². The van der Waals surface area contributed by atoms with E-state index in [1.165, 1.54) is 0 Å². The van der Waals surface area contributed by atoms with Crippen molar-refractivity contribution < 1.29 is 5.21 Å². The monoisotopic (exact) mass is 265 g/mol. The third kappa shape index (κ3) is 2.02. The summed E-state index contributed by atoms with van der Waals surface area (Å²) in [6, 6.07) is 3.42. The number of halogens is 1. The molecule has 2 aromatic heterocycles. The minimum atomic E-state index is -0.0343. The van der Waals surface area contributed by atoms with Crippen LogP contribution in [0.5, 0.6) is 0 Å². The number of amidine groups is 1. The smallest absolute Gasteiger partial charge is 0.188 e. The van der Waals surface area contributed by atoms with E-state index in [-0.39, 0.29) is 5.84 Å². The number of aryl methyl sites for hydroxylation is 1. The van der Waals surface area contributed by atoms with Gasteiger partial charge in [0.15, 0.2) is 5.84 Å². The lowest BCUT2D eigenvalue weighted by atomic mass is 10.3. The molecule has 0 fully saturated rings. The topological polar surface area (TPSA) is 89.3 Å². The van der Waals surface area contributed by atoms with Crippen LogP contribution in [0.3, 0.4) is 0 Å². The van der Waals surface area contributed by atoms with E-state index >= 15 is 0 Å². The largest absolute Gasteiger partial charge is 0.409 e. The summed E-state index contributed by atoms with van der Waals surface area (Å²) >= 11 is 6.08. The third-order valence-corrected chi connectivity index (χ3v) is 3.11. The van der Waals surface area contributed by atoms with Crippen molar-refractivity contribution in [2.75, 3.05) is 0 Å². The van der Waals surface area contributed by atoms with E-state index in [2.05, 4.69) is 15.2 Å². The van der Waals surface area contributed by atoms with Crippen molar-refractivity contribution in [1.29, 1.82) is 0 Å². The molecule has 0 bridgehead atoms. The SMILES string of the molecule is Cc1nn(-c2ccc(/C(N)=N/O)nc2)c(C)c1Cl. The Morgan fingerprint density at radius 3 is 2.61 bits per heavy atom. The molecule has 0 amide bonds. The molecule has 3 N–H and O–H groups in total. The normalized spacial score (nSPS) is 11.8. The van der Waals surface area contributed by atoms with Gasteiger partial charge in [-0.1, -0.05) is 16.8 Å². The van der Waals surface area contributed by atoms with E-state index in [1.807, 2.05) is 13.8 Å². The van der Waals surface area contributed by atoms with Gasteiger partial charge in [-0.15, -0.1) is 0 Å². The predicted molar refractivity (Wildman–Crippen MR) is 68.4 cm³/mol. The molecule has 2 rings (SSSR count). The minimum Gasteiger partial charge on any atom is -0.409 e. The van der Waals surface area contributed by atoms with Crippen molar-refractivity contribution in [1.82, 2.24) is 14.8 Å². The number of aromatic nitrogens is 3. The first-order valence-electron chi connectivity index (χ1n) is 5.20. The highest BCUT2D eigenvalue weighted by molar-refractivity contribution is 6.31. The first-order valence-corrected chi connectivity index (χ1v) is 5.58. The Morgan fingerprint density at radius 2 is 2.17 bits per heavy atom. The molecule has 2 aromatic rings. The molecule has 6 nitrogen and oxygen atoms in total. The molecule has 0 aromatic carbocycles. The van der Waals surface area contributed by atoms with Crippen LogP contribution >= 0.6 is 11.6 Å². The van der Waals surface area contributed by atoms with E-state index < -0.39 is 0 Å². The molecule has 0 unspecified atom stereocenters. The van der Waals surface area contributed by atoms with Crippen LogP contribution < -0.4 is 5.73 Å². The van der Waals surface area contributed by atoms with Crippen molar-refractivity contribution in [2.45, 2.75) is 13.8 Å². The van der Waals surface area contributed by atoms with Crippen LogP contribution in [0, 0.1) is 13.8 Å². The average Bonchev–Trinajstić information content (AvgIpc) is 2.66. The van der Waals surface area contributed by atoms with Crippen molar-refractivity contribution in [2.24, 2.45) is 10.9 Å². The molecule has 0 radical (unpaired) electrons. The number of nitrogens with zero attached hydrogens (tertiary/aromatic N) is 4. The van der Waals surface area contributed by atoms with Gasteiger partial charge >= 0.3 is 0 Å².